The van der Waals surface area contributed by atoms with Gasteiger partial charge in [-0.1, -0.05) is 30.3 Å². The normalized spacial score (nSPS) is 25.5. The van der Waals surface area contributed by atoms with E-state index in [0.29, 0.717) is 18.0 Å². The fourth-order valence-corrected chi connectivity index (χ4v) is 3.96. The van der Waals surface area contributed by atoms with Crippen molar-refractivity contribution in [1.82, 2.24) is 0 Å². The molecule has 2 aromatic carbocycles. The number of anilines is 1. The van der Waals surface area contributed by atoms with Gasteiger partial charge in [-0.05, 0) is 30.5 Å². The van der Waals surface area contributed by atoms with E-state index in [0.717, 1.165) is 30.4 Å². The van der Waals surface area contributed by atoms with Gasteiger partial charge >= 0.3 is 0 Å². The lowest BCUT2D eigenvalue weighted by molar-refractivity contribution is -0.110. The SMILES string of the molecule is O=CC1(C2=NN3c4cc(F)ccc4OCC3[C@@H]2c2ccccc2)CC1. The number of hydrogen-bond acceptors (Lipinski definition) is 4. The molecule has 2 atom stereocenters. The summed E-state index contributed by atoms with van der Waals surface area (Å²) in [4.78, 5) is 11.8. The standard InChI is InChI=1S/C20H17FN2O2/c21-14-6-7-17-15(10-14)23-16(11-25-17)18(13-4-2-1-3-5-13)19(22-23)20(12-24)8-9-20/h1-7,10,12,16,18H,8-9,11H2/t16?,18-/m0/s1. The predicted octanol–water partition coefficient (Wildman–Crippen LogP) is 3.53. The van der Waals surface area contributed by atoms with E-state index in [1.807, 2.05) is 23.2 Å². The van der Waals surface area contributed by atoms with Crippen LogP contribution in [0, 0.1) is 11.2 Å². The molecular formula is C20H17FN2O2. The van der Waals surface area contributed by atoms with Crippen LogP contribution in [0.3, 0.4) is 0 Å². The Hall–Kier alpha value is -2.69. The Balaban J connectivity index is 1.65. The van der Waals surface area contributed by atoms with Crippen LogP contribution in [0.25, 0.3) is 0 Å². The minimum atomic E-state index is -0.467. The van der Waals surface area contributed by atoms with Crippen molar-refractivity contribution in [2.45, 2.75) is 24.8 Å². The van der Waals surface area contributed by atoms with E-state index in [1.165, 1.54) is 12.1 Å². The van der Waals surface area contributed by atoms with Crippen molar-refractivity contribution in [3.63, 3.8) is 0 Å². The molecule has 0 bridgehead atoms. The zero-order valence-corrected chi connectivity index (χ0v) is 13.6. The number of rotatable bonds is 3. The molecule has 4 nitrogen and oxygen atoms in total. The molecular weight excluding hydrogens is 319 g/mol. The van der Waals surface area contributed by atoms with Crippen LogP contribution in [0.5, 0.6) is 5.75 Å². The minimum absolute atomic E-state index is 0.0229. The maximum Gasteiger partial charge on any atom is 0.144 e. The molecule has 0 saturated heterocycles. The van der Waals surface area contributed by atoms with Gasteiger partial charge in [0.05, 0.1) is 23.1 Å². The molecule has 5 rings (SSSR count). The Labute approximate surface area is 144 Å². The maximum atomic E-state index is 13.8. The highest BCUT2D eigenvalue weighted by Gasteiger charge is 2.56. The summed E-state index contributed by atoms with van der Waals surface area (Å²) in [5.74, 6) is 0.287. The van der Waals surface area contributed by atoms with Crippen LogP contribution in [0.1, 0.15) is 24.3 Å². The van der Waals surface area contributed by atoms with Gasteiger partial charge in [-0.2, -0.15) is 5.10 Å². The summed E-state index contributed by atoms with van der Waals surface area (Å²) in [6.45, 7) is 0.458. The van der Waals surface area contributed by atoms with Gasteiger partial charge in [0, 0.05) is 6.07 Å². The van der Waals surface area contributed by atoms with Crippen LogP contribution in [-0.4, -0.2) is 24.6 Å². The van der Waals surface area contributed by atoms with Gasteiger partial charge in [-0.3, -0.25) is 5.01 Å². The zero-order chi connectivity index (χ0) is 17.0. The van der Waals surface area contributed by atoms with Crippen molar-refractivity contribution in [3.8, 4) is 5.75 Å². The van der Waals surface area contributed by atoms with Gasteiger partial charge in [-0.15, -0.1) is 0 Å². The van der Waals surface area contributed by atoms with Gasteiger partial charge in [0.1, 0.15) is 30.1 Å². The maximum absolute atomic E-state index is 13.8. The van der Waals surface area contributed by atoms with Gasteiger partial charge < -0.3 is 9.53 Å². The molecule has 2 heterocycles. The first kappa shape index (κ1) is 14.6. The number of ether oxygens (including phenoxy) is 1. The van der Waals surface area contributed by atoms with Gasteiger partial charge in [0.25, 0.3) is 0 Å². The number of halogens is 1. The molecule has 2 aromatic rings. The highest BCUT2D eigenvalue weighted by Crippen LogP contribution is 2.53. The summed E-state index contributed by atoms with van der Waals surface area (Å²) >= 11 is 0. The molecule has 1 saturated carbocycles. The highest BCUT2D eigenvalue weighted by molar-refractivity contribution is 6.10. The number of benzene rings is 2. The third-order valence-corrected chi connectivity index (χ3v) is 5.47. The second kappa shape index (κ2) is 5.15. The fraction of sp³-hybridized carbons (Fsp3) is 0.300. The van der Waals surface area contributed by atoms with Crippen molar-refractivity contribution < 1.29 is 13.9 Å². The van der Waals surface area contributed by atoms with E-state index in [-0.39, 0.29) is 17.8 Å². The van der Waals surface area contributed by atoms with Crippen LogP contribution in [0.15, 0.2) is 53.6 Å². The Morgan fingerprint density at radius 3 is 2.72 bits per heavy atom. The lowest BCUT2D eigenvalue weighted by atomic mass is 9.81. The van der Waals surface area contributed by atoms with Crippen molar-refractivity contribution in [3.05, 3.63) is 59.9 Å². The predicted molar refractivity (Wildman–Crippen MR) is 92.5 cm³/mol. The average molecular weight is 336 g/mol. The number of carbonyl (C=O) groups is 1. The molecule has 0 spiro atoms. The number of carbonyl (C=O) groups excluding carboxylic acids is 1. The minimum Gasteiger partial charge on any atom is -0.489 e. The monoisotopic (exact) mass is 336 g/mol. The van der Waals surface area contributed by atoms with Crippen LogP contribution < -0.4 is 9.75 Å². The number of hydrogen-bond donors (Lipinski definition) is 0. The van der Waals surface area contributed by atoms with E-state index in [2.05, 4.69) is 12.1 Å². The van der Waals surface area contributed by atoms with Crippen molar-refractivity contribution >= 4 is 17.7 Å². The summed E-state index contributed by atoms with van der Waals surface area (Å²) in [6.07, 6.45) is 2.69. The van der Waals surface area contributed by atoms with Crippen LogP contribution in [-0.2, 0) is 4.79 Å². The van der Waals surface area contributed by atoms with Gasteiger partial charge in [0.15, 0.2) is 0 Å². The molecule has 0 aromatic heterocycles. The Bertz CT molecular complexity index is 877. The first-order valence-electron chi connectivity index (χ1n) is 8.54. The molecule has 126 valence electrons. The number of hydrazone groups is 1. The molecule has 1 fully saturated rings. The molecule has 25 heavy (non-hydrogen) atoms. The van der Waals surface area contributed by atoms with E-state index >= 15 is 0 Å². The highest BCUT2D eigenvalue weighted by atomic mass is 19.1. The van der Waals surface area contributed by atoms with Gasteiger partial charge in [0.2, 0.25) is 0 Å². The third kappa shape index (κ3) is 2.11. The van der Waals surface area contributed by atoms with E-state index in [4.69, 9.17) is 9.84 Å². The van der Waals surface area contributed by atoms with E-state index in [1.54, 1.807) is 6.07 Å². The zero-order valence-electron chi connectivity index (χ0n) is 13.6. The molecule has 1 unspecified atom stereocenters. The number of fused-ring (bicyclic) bond motifs is 3. The topological polar surface area (TPSA) is 41.9 Å². The Kier molecular flexibility index (Phi) is 3.02. The summed E-state index contributed by atoms with van der Waals surface area (Å²) < 4.78 is 19.7. The lowest BCUT2D eigenvalue weighted by Gasteiger charge is -2.34. The van der Waals surface area contributed by atoms with Crippen LogP contribution in [0.2, 0.25) is 0 Å². The number of aldehydes is 1. The summed E-state index contributed by atoms with van der Waals surface area (Å²) in [5, 5.41) is 6.69. The second-order valence-corrected chi connectivity index (χ2v) is 6.98. The smallest absolute Gasteiger partial charge is 0.144 e. The average Bonchev–Trinajstić information content (AvgIpc) is 3.35. The van der Waals surface area contributed by atoms with Crippen LogP contribution >= 0.6 is 0 Å². The third-order valence-electron chi connectivity index (χ3n) is 5.47. The summed E-state index contributed by atoms with van der Waals surface area (Å²) in [6, 6.07) is 14.5. The molecule has 0 radical (unpaired) electrons. The largest absolute Gasteiger partial charge is 0.489 e. The first-order valence-corrected chi connectivity index (χ1v) is 8.54. The molecule has 3 aliphatic rings. The Morgan fingerprint density at radius 2 is 2.00 bits per heavy atom. The molecule has 2 aliphatic heterocycles. The second-order valence-electron chi connectivity index (χ2n) is 6.98. The van der Waals surface area contributed by atoms with E-state index in [9.17, 15) is 9.18 Å². The number of nitrogens with zero attached hydrogens (tertiary/aromatic N) is 2. The molecule has 1 aliphatic carbocycles. The van der Waals surface area contributed by atoms with Crippen molar-refractivity contribution in [1.29, 1.82) is 0 Å². The molecule has 0 amide bonds. The summed E-state index contributed by atoms with van der Waals surface area (Å²) in [7, 11) is 0. The van der Waals surface area contributed by atoms with Crippen molar-refractivity contribution in [2.24, 2.45) is 10.5 Å². The quantitative estimate of drug-likeness (QED) is 0.805. The lowest BCUT2D eigenvalue weighted by Crippen LogP contribution is -2.41. The van der Waals surface area contributed by atoms with E-state index < -0.39 is 5.41 Å². The molecule has 0 N–H and O–H groups in total. The van der Waals surface area contributed by atoms with Gasteiger partial charge in [-0.25, -0.2) is 4.39 Å². The summed E-state index contributed by atoms with van der Waals surface area (Å²) in [5.41, 5.74) is 2.17. The van der Waals surface area contributed by atoms with Crippen LogP contribution in [0.4, 0.5) is 10.1 Å². The van der Waals surface area contributed by atoms with Crippen molar-refractivity contribution in [2.75, 3.05) is 11.6 Å². The first-order chi connectivity index (χ1) is 12.2. The molecule has 5 heteroatoms. The fourth-order valence-electron chi connectivity index (χ4n) is 3.96. The Morgan fingerprint density at radius 1 is 1.20 bits per heavy atom.